The molecule has 4 heteroatoms. The lowest BCUT2D eigenvalue weighted by atomic mass is 10.0. The van der Waals surface area contributed by atoms with Crippen molar-refractivity contribution in [1.82, 2.24) is 0 Å². The van der Waals surface area contributed by atoms with Crippen molar-refractivity contribution in [2.75, 3.05) is 0 Å². The number of allylic oxidation sites excluding steroid dienone is 1. The van der Waals surface area contributed by atoms with Crippen LogP contribution in [-0.2, 0) is 5.92 Å². The number of halogens is 3. The van der Waals surface area contributed by atoms with Crippen LogP contribution in [0, 0.1) is 11.3 Å². The lowest BCUT2D eigenvalue weighted by molar-refractivity contribution is 0.0558. The molecule has 1 aliphatic rings. The number of nitrogens with zero attached hydrogens (tertiary/aromatic N) is 1. The van der Waals surface area contributed by atoms with Gasteiger partial charge in [-0.15, -0.1) is 0 Å². The van der Waals surface area contributed by atoms with Gasteiger partial charge in [0.05, 0.1) is 5.56 Å². The number of benzene rings is 1. The molecule has 1 aromatic carbocycles. The molecule has 2 rings (SSSR count). The summed E-state index contributed by atoms with van der Waals surface area (Å²) in [5, 5.41) is 8.67. The first-order valence-electron chi connectivity index (χ1n) is 3.86. The van der Waals surface area contributed by atoms with Gasteiger partial charge in [0.15, 0.2) is 0 Å². The Labute approximate surface area is 87.8 Å². The van der Waals surface area contributed by atoms with Crippen molar-refractivity contribution in [2.45, 2.75) is 5.92 Å². The number of hydrogen-bond donors (Lipinski definition) is 0. The van der Waals surface area contributed by atoms with Crippen molar-refractivity contribution < 1.29 is 8.78 Å². The Balaban J connectivity index is 2.68. The molecule has 0 atom stereocenters. The summed E-state index contributed by atoms with van der Waals surface area (Å²) >= 11 is 3.15. The number of hydrogen-bond acceptors (Lipinski definition) is 1. The molecule has 1 aromatic rings. The van der Waals surface area contributed by atoms with Crippen LogP contribution in [0.5, 0.6) is 0 Å². The smallest absolute Gasteiger partial charge is 0.196 e. The van der Waals surface area contributed by atoms with Gasteiger partial charge in [0.1, 0.15) is 6.07 Å². The van der Waals surface area contributed by atoms with Crippen LogP contribution in [0.3, 0.4) is 0 Å². The van der Waals surface area contributed by atoms with E-state index >= 15 is 0 Å². The molecule has 0 saturated heterocycles. The number of fused-ring (bicyclic) bond motifs is 1. The van der Waals surface area contributed by atoms with Crippen LogP contribution in [0.4, 0.5) is 8.78 Å². The number of rotatable bonds is 0. The van der Waals surface area contributed by atoms with E-state index in [0.717, 1.165) is 6.08 Å². The van der Waals surface area contributed by atoms with E-state index in [-0.39, 0.29) is 11.1 Å². The van der Waals surface area contributed by atoms with Gasteiger partial charge in [-0.3, -0.25) is 0 Å². The molecule has 0 N–H and O–H groups in total. The molecule has 0 spiro atoms. The molecule has 0 amide bonds. The van der Waals surface area contributed by atoms with Gasteiger partial charge >= 0.3 is 0 Å². The van der Waals surface area contributed by atoms with E-state index in [1.54, 1.807) is 0 Å². The standard InChI is InChI=1S/C10H4BrF2N/c11-9-4-6-1-2-10(12,13)8(6)3-7(9)5-14/h1-4H. The van der Waals surface area contributed by atoms with Gasteiger partial charge in [0.25, 0.3) is 5.92 Å². The average molecular weight is 256 g/mol. The first kappa shape index (κ1) is 9.35. The van der Waals surface area contributed by atoms with E-state index in [1.165, 1.54) is 18.2 Å². The Bertz CT molecular complexity index is 472. The highest BCUT2D eigenvalue weighted by Crippen LogP contribution is 2.40. The van der Waals surface area contributed by atoms with Gasteiger partial charge < -0.3 is 0 Å². The summed E-state index contributed by atoms with van der Waals surface area (Å²) in [7, 11) is 0. The fourth-order valence-electron chi connectivity index (χ4n) is 1.39. The second-order valence-corrected chi connectivity index (χ2v) is 3.84. The van der Waals surface area contributed by atoms with Crippen molar-refractivity contribution in [3.8, 4) is 6.07 Å². The van der Waals surface area contributed by atoms with Crippen LogP contribution in [0.2, 0.25) is 0 Å². The van der Waals surface area contributed by atoms with E-state index < -0.39 is 5.92 Å². The maximum atomic E-state index is 13.2. The SMILES string of the molecule is N#Cc1cc2c(cc1Br)C=CC2(F)F. The average Bonchev–Trinajstić information content (AvgIpc) is 2.41. The van der Waals surface area contributed by atoms with Crippen LogP contribution in [0.15, 0.2) is 22.7 Å². The highest BCUT2D eigenvalue weighted by atomic mass is 79.9. The summed E-state index contributed by atoms with van der Waals surface area (Å²) < 4.78 is 26.9. The topological polar surface area (TPSA) is 23.8 Å². The van der Waals surface area contributed by atoms with Crippen LogP contribution < -0.4 is 0 Å². The quantitative estimate of drug-likeness (QED) is 0.697. The zero-order valence-corrected chi connectivity index (χ0v) is 8.48. The minimum atomic E-state index is -2.94. The zero-order valence-electron chi connectivity index (χ0n) is 6.89. The van der Waals surface area contributed by atoms with Gasteiger partial charge in [0.2, 0.25) is 0 Å². The first-order chi connectivity index (χ1) is 6.54. The lowest BCUT2D eigenvalue weighted by Gasteiger charge is -2.09. The van der Waals surface area contributed by atoms with Crippen molar-refractivity contribution in [2.24, 2.45) is 0 Å². The third-order valence-corrected chi connectivity index (χ3v) is 2.75. The Hall–Kier alpha value is -1.21. The summed E-state index contributed by atoms with van der Waals surface area (Å²) in [4.78, 5) is 0. The fourth-order valence-corrected chi connectivity index (χ4v) is 1.83. The monoisotopic (exact) mass is 255 g/mol. The summed E-state index contributed by atoms with van der Waals surface area (Å²) in [5.41, 5.74) is 0.588. The Morgan fingerprint density at radius 2 is 2.07 bits per heavy atom. The first-order valence-corrected chi connectivity index (χ1v) is 4.65. The Morgan fingerprint density at radius 1 is 1.36 bits per heavy atom. The van der Waals surface area contributed by atoms with Crippen LogP contribution >= 0.6 is 15.9 Å². The van der Waals surface area contributed by atoms with Crippen molar-refractivity contribution in [1.29, 1.82) is 5.26 Å². The largest absolute Gasteiger partial charge is 0.292 e. The predicted octanol–water partition coefficient (Wildman–Crippen LogP) is 3.44. The normalized spacial score (nSPS) is 16.4. The summed E-state index contributed by atoms with van der Waals surface area (Å²) in [6, 6.07) is 4.61. The van der Waals surface area contributed by atoms with Crippen LogP contribution in [0.1, 0.15) is 16.7 Å². The number of alkyl halides is 2. The van der Waals surface area contributed by atoms with Crippen molar-refractivity contribution >= 4 is 22.0 Å². The van der Waals surface area contributed by atoms with Gasteiger partial charge in [-0.2, -0.15) is 14.0 Å². The molecule has 1 aliphatic carbocycles. The third kappa shape index (κ3) is 1.25. The maximum absolute atomic E-state index is 13.2. The lowest BCUT2D eigenvalue weighted by Crippen LogP contribution is -2.06. The summed E-state index contributed by atoms with van der Waals surface area (Å²) in [6.45, 7) is 0. The predicted molar refractivity (Wildman–Crippen MR) is 51.8 cm³/mol. The summed E-state index contributed by atoms with van der Waals surface area (Å²) in [6.07, 6.45) is 2.20. The molecule has 0 aromatic heterocycles. The molecule has 14 heavy (non-hydrogen) atoms. The van der Waals surface area contributed by atoms with Crippen molar-refractivity contribution in [3.05, 3.63) is 39.4 Å². The second-order valence-electron chi connectivity index (χ2n) is 2.99. The molecule has 0 bridgehead atoms. The van der Waals surface area contributed by atoms with Gasteiger partial charge in [-0.25, -0.2) is 0 Å². The Kier molecular flexibility index (Phi) is 1.93. The molecule has 0 fully saturated rings. The molecule has 0 unspecified atom stereocenters. The molecule has 0 heterocycles. The van der Waals surface area contributed by atoms with Crippen LogP contribution in [0.25, 0.3) is 6.08 Å². The molecular weight excluding hydrogens is 252 g/mol. The minimum absolute atomic E-state index is 0.0998. The van der Waals surface area contributed by atoms with Gasteiger partial charge in [0, 0.05) is 10.0 Å². The van der Waals surface area contributed by atoms with Crippen LogP contribution in [-0.4, -0.2) is 0 Å². The van der Waals surface area contributed by atoms with E-state index in [9.17, 15) is 8.78 Å². The molecule has 0 saturated carbocycles. The molecule has 0 aliphatic heterocycles. The molecule has 70 valence electrons. The van der Waals surface area contributed by atoms with Gasteiger partial charge in [-0.05, 0) is 39.7 Å². The zero-order chi connectivity index (χ0) is 10.3. The van der Waals surface area contributed by atoms with E-state index in [4.69, 9.17) is 5.26 Å². The van der Waals surface area contributed by atoms with E-state index in [2.05, 4.69) is 15.9 Å². The van der Waals surface area contributed by atoms with E-state index in [0.29, 0.717) is 10.0 Å². The highest BCUT2D eigenvalue weighted by molar-refractivity contribution is 9.10. The summed E-state index contributed by atoms with van der Waals surface area (Å²) in [5.74, 6) is -2.94. The highest BCUT2D eigenvalue weighted by Gasteiger charge is 2.35. The maximum Gasteiger partial charge on any atom is 0.292 e. The van der Waals surface area contributed by atoms with Gasteiger partial charge in [-0.1, -0.05) is 6.08 Å². The third-order valence-electron chi connectivity index (χ3n) is 2.09. The fraction of sp³-hybridized carbons (Fsp3) is 0.100. The molecule has 1 nitrogen and oxygen atoms in total. The van der Waals surface area contributed by atoms with E-state index in [1.807, 2.05) is 6.07 Å². The number of nitriles is 1. The minimum Gasteiger partial charge on any atom is -0.196 e. The molecular formula is C10H4BrF2N. The van der Waals surface area contributed by atoms with Crippen molar-refractivity contribution in [3.63, 3.8) is 0 Å². The second kappa shape index (κ2) is 2.89. The molecule has 0 radical (unpaired) electrons. The Morgan fingerprint density at radius 3 is 2.71 bits per heavy atom.